The molecule has 0 N–H and O–H groups in total. The van der Waals surface area contributed by atoms with E-state index < -0.39 is 7.14 Å². The number of hydrogen-bond donors (Lipinski definition) is 0. The summed E-state index contributed by atoms with van der Waals surface area (Å²) >= 11 is 0. The average Bonchev–Trinajstić information content (AvgIpc) is 3.00. The summed E-state index contributed by atoms with van der Waals surface area (Å²) in [6.45, 7) is 0. The van der Waals surface area contributed by atoms with Crippen molar-refractivity contribution in [3.05, 3.63) is 134 Å². The fourth-order valence-corrected chi connectivity index (χ4v) is 7.69. The molecule has 0 amide bonds. The summed E-state index contributed by atoms with van der Waals surface area (Å²) in [5.74, 6) is 2.68. The molecule has 0 fully saturated rings. The number of nitrogens with zero attached hydrogens (tertiary/aromatic N) is 1. The molecule has 0 saturated carbocycles. The molecule has 0 aliphatic carbocycles. The van der Waals surface area contributed by atoms with Crippen LogP contribution >= 0.6 is 7.14 Å². The minimum atomic E-state index is -3.17. The highest BCUT2D eigenvalue weighted by atomic mass is 31.2. The summed E-state index contributed by atoms with van der Waals surface area (Å²) < 4.78 is 27.5. The fraction of sp³-hybridized carbons (Fsp3) is 0. The molecule has 182 valence electrons. The first kappa shape index (κ1) is 22.5. The van der Waals surface area contributed by atoms with Gasteiger partial charge >= 0.3 is 0 Å². The van der Waals surface area contributed by atoms with Gasteiger partial charge in [-0.1, -0.05) is 97.1 Å². The fourth-order valence-electron chi connectivity index (χ4n) is 5.06. The Bertz CT molecular complexity index is 1810. The molecule has 5 heteroatoms. The maximum Gasteiger partial charge on any atom is 0.177 e. The largest absolute Gasteiger partial charge is 0.449 e. The molecular formula is C33H22NO3P. The van der Waals surface area contributed by atoms with Gasteiger partial charge in [-0.15, -0.1) is 0 Å². The van der Waals surface area contributed by atoms with Gasteiger partial charge < -0.3 is 14.0 Å². The van der Waals surface area contributed by atoms with Crippen LogP contribution in [0.3, 0.4) is 0 Å². The van der Waals surface area contributed by atoms with E-state index in [1.54, 1.807) is 6.20 Å². The van der Waals surface area contributed by atoms with E-state index in [9.17, 15) is 4.57 Å². The summed E-state index contributed by atoms with van der Waals surface area (Å²) in [5.41, 5.74) is 1.79. The Morgan fingerprint density at radius 2 is 1.11 bits per heavy atom. The second-order valence-corrected chi connectivity index (χ2v) is 11.9. The highest BCUT2D eigenvalue weighted by molar-refractivity contribution is 7.85. The van der Waals surface area contributed by atoms with Crippen molar-refractivity contribution < 1.29 is 14.0 Å². The number of ether oxygens (including phenoxy) is 2. The van der Waals surface area contributed by atoms with E-state index in [0.29, 0.717) is 28.3 Å². The van der Waals surface area contributed by atoms with Gasteiger partial charge in [0.1, 0.15) is 0 Å². The average molecular weight is 512 g/mol. The van der Waals surface area contributed by atoms with Crippen LogP contribution in [0.25, 0.3) is 21.9 Å². The van der Waals surface area contributed by atoms with Gasteiger partial charge in [-0.2, -0.15) is 0 Å². The van der Waals surface area contributed by atoms with Crippen molar-refractivity contribution in [2.75, 3.05) is 0 Å². The van der Waals surface area contributed by atoms with Gasteiger partial charge in [0.25, 0.3) is 0 Å². The highest BCUT2D eigenvalue weighted by Gasteiger charge is 2.31. The molecule has 5 aromatic carbocycles. The van der Waals surface area contributed by atoms with Gasteiger partial charge in [-0.05, 0) is 35.2 Å². The van der Waals surface area contributed by atoms with Gasteiger partial charge in [-0.25, -0.2) is 0 Å². The predicted molar refractivity (Wildman–Crippen MR) is 153 cm³/mol. The second-order valence-electron chi connectivity index (χ2n) is 9.16. The normalized spacial score (nSPS) is 12.2. The molecule has 0 radical (unpaired) electrons. The molecule has 0 bridgehead atoms. The SMILES string of the molecule is O=P(c1ccccc1)(c1ccccc1)c1cncc(-c2cc3c(c4ccccc24)Oc2ccccc2O3)c1. The summed E-state index contributed by atoms with van der Waals surface area (Å²) in [7, 11) is -3.17. The Balaban J connectivity index is 1.43. The first-order valence-corrected chi connectivity index (χ1v) is 14.1. The van der Waals surface area contributed by atoms with Crippen molar-refractivity contribution in [3.8, 4) is 34.1 Å². The van der Waals surface area contributed by atoms with E-state index in [2.05, 4.69) is 11.1 Å². The molecule has 1 aliphatic rings. The van der Waals surface area contributed by atoms with Gasteiger partial charge in [0.15, 0.2) is 30.1 Å². The molecule has 0 spiro atoms. The molecule has 0 atom stereocenters. The lowest BCUT2D eigenvalue weighted by Crippen LogP contribution is -2.25. The standard InChI is InChI=1S/C33H22NO3P/c35-38(24-11-3-1-4-12-24,25-13-5-2-6-14-25)26-19-23(21-34-22-26)29-20-32-33(28-16-8-7-15-27(28)29)37-31-18-10-9-17-30(31)36-32/h1-22H. The lowest BCUT2D eigenvalue weighted by atomic mass is 9.97. The van der Waals surface area contributed by atoms with Crippen molar-refractivity contribution >= 4 is 33.8 Å². The molecule has 38 heavy (non-hydrogen) atoms. The van der Waals surface area contributed by atoms with Crippen LogP contribution in [-0.2, 0) is 4.57 Å². The van der Waals surface area contributed by atoms with Gasteiger partial charge in [-0.3, -0.25) is 4.98 Å². The van der Waals surface area contributed by atoms with Crippen LogP contribution in [-0.4, -0.2) is 4.98 Å². The van der Waals surface area contributed by atoms with Crippen molar-refractivity contribution in [1.82, 2.24) is 4.98 Å². The second kappa shape index (κ2) is 9.02. The molecule has 1 aromatic heterocycles. The van der Waals surface area contributed by atoms with Crippen LogP contribution in [0.4, 0.5) is 0 Å². The smallest absolute Gasteiger partial charge is 0.177 e. The summed E-state index contributed by atoms with van der Waals surface area (Å²) in [6, 6.07) is 39.0. The van der Waals surface area contributed by atoms with Crippen molar-refractivity contribution in [2.45, 2.75) is 0 Å². The molecule has 0 saturated heterocycles. The maximum absolute atomic E-state index is 15.0. The van der Waals surface area contributed by atoms with E-state index in [1.807, 2.05) is 121 Å². The van der Waals surface area contributed by atoms with E-state index in [1.165, 1.54) is 0 Å². The van der Waals surface area contributed by atoms with Crippen LogP contribution in [0, 0.1) is 0 Å². The number of hydrogen-bond acceptors (Lipinski definition) is 4. The van der Waals surface area contributed by atoms with E-state index in [4.69, 9.17) is 9.47 Å². The number of pyridine rings is 1. The van der Waals surface area contributed by atoms with Gasteiger partial charge in [0.2, 0.25) is 0 Å². The lowest BCUT2D eigenvalue weighted by Gasteiger charge is -2.24. The maximum atomic E-state index is 15.0. The van der Waals surface area contributed by atoms with Crippen LogP contribution in [0.2, 0.25) is 0 Å². The van der Waals surface area contributed by atoms with Crippen molar-refractivity contribution in [1.29, 1.82) is 0 Å². The number of rotatable bonds is 4. The van der Waals surface area contributed by atoms with Crippen LogP contribution in [0.15, 0.2) is 134 Å². The summed E-state index contributed by atoms with van der Waals surface area (Å²) in [4.78, 5) is 4.59. The molecule has 2 heterocycles. The Morgan fingerprint density at radius 3 is 1.79 bits per heavy atom. The predicted octanol–water partition coefficient (Wildman–Crippen LogP) is 7.44. The zero-order valence-corrected chi connectivity index (χ0v) is 21.2. The Morgan fingerprint density at radius 1 is 0.526 bits per heavy atom. The van der Waals surface area contributed by atoms with Gasteiger partial charge in [0.05, 0.1) is 0 Å². The summed E-state index contributed by atoms with van der Waals surface area (Å²) in [5, 5.41) is 4.16. The Kier molecular flexibility index (Phi) is 5.35. The first-order chi connectivity index (χ1) is 18.7. The topological polar surface area (TPSA) is 48.4 Å². The monoisotopic (exact) mass is 511 g/mol. The van der Waals surface area contributed by atoms with Gasteiger partial charge in [0, 0.05) is 39.3 Å². The molecule has 1 aliphatic heterocycles. The third-order valence-electron chi connectivity index (χ3n) is 6.88. The Labute approximate surface area is 220 Å². The molecule has 4 nitrogen and oxygen atoms in total. The number of aromatic nitrogens is 1. The third kappa shape index (κ3) is 3.61. The van der Waals surface area contributed by atoms with Crippen LogP contribution in [0.1, 0.15) is 0 Å². The van der Waals surface area contributed by atoms with E-state index >= 15 is 0 Å². The van der Waals surface area contributed by atoms with E-state index in [0.717, 1.165) is 32.5 Å². The zero-order chi connectivity index (χ0) is 25.5. The first-order valence-electron chi connectivity index (χ1n) is 12.4. The van der Waals surface area contributed by atoms with Crippen molar-refractivity contribution in [3.63, 3.8) is 0 Å². The van der Waals surface area contributed by atoms with Crippen LogP contribution < -0.4 is 25.4 Å². The zero-order valence-electron chi connectivity index (χ0n) is 20.3. The quantitative estimate of drug-likeness (QED) is 0.231. The Hall–Kier alpha value is -4.66. The molecule has 6 aromatic rings. The summed E-state index contributed by atoms with van der Waals surface area (Å²) in [6.07, 6.45) is 3.54. The molecule has 0 unspecified atom stereocenters. The minimum absolute atomic E-state index is 0.636. The highest BCUT2D eigenvalue weighted by Crippen LogP contribution is 2.51. The minimum Gasteiger partial charge on any atom is -0.449 e. The molecular weight excluding hydrogens is 489 g/mol. The third-order valence-corrected chi connectivity index (χ3v) is 9.90. The number of benzene rings is 5. The van der Waals surface area contributed by atoms with Crippen LogP contribution in [0.5, 0.6) is 23.0 Å². The van der Waals surface area contributed by atoms with E-state index in [-0.39, 0.29) is 0 Å². The number of para-hydroxylation sites is 2. The lowest BCUT2D eigenvalue weighted by molar-refractivity contribution is 0.363. The van der Waals surface area contributed by atoms with Crippen molar-refractivity contribution in [2.24, 2.45) is 0 Å². The molecule has 7 rings (SSSR count). The number of fused-ring (bicyclic) bond motifs is 4.